The van der Waals surface area contributed by atoms with Gasteiger partial charge in [0.2, 0.25) is 6.41 Å². The Kier molecular flexibility index (Phi) is 9.20. The first-order valence-electron chi connectivity index (χ1n) is 12.3. The van der Waals surface area contributed by atoms with E-state index < -0.39 is 47.7 Å². The first-order chi connectivity index (χ1) is 17.7. The molecule has 3 atom stereocenters. The van der Waals surface area contributed by atoms with Crippen LogP contribution >= 0.6 is 11.6 Å². The molecule has 1 aliphatic rings. The Hall–Kier alpha value is -2.98. The van der Waals surface area contributed by atoms with Gasteiger partial charge in [0.15, 0.2) is 6.23 Å². The SMILES string of the molecule is CC(C)(CO)CN1C(=O)C(CC(=O)O)OC(c2cccc(C(NC=O)OC(C)(C)C)c2)c2cc(Cl)ccc21. The number of carboxylic acids is 1. The fourth-order valence-corrected chi connectivity index (χ4v) is 4.44. The number of rotatable bonds is 10. The molecule has 3 rings (SSSR count). The lowest BCUT2D eigenvalue weighted by Crippen LogP contribution is -2.45. The molecule has 0 fully saturated rings. The molecule has 1 heterocycles. The second kappa shape index (κ2) is 11.8. The summed E-state index contributed by atoms with van der Waals surface area (Å²) in [6, 6.07) is 12.2. The maximum atomic E-state index is 13.7. The number of amides is 2. The normalized spacial score (nSPS) is 18.9. The van der Waals surface area contributed by atoms with E-state index in [1.807, 2.05) is 34.6 Å². The van der Waals surface area contributed by atoms with Crippen molar-refractivity contribution >= 4 is 35.6 Å². The zero-order valence-electron chi connectivity index (χ0n) is 22.2. The van der Waals surface area contributed by atoms with Crippen LogP contribution < -0.4 is 10.2 Å². The first-order valence-corrected chi connectivity index (χ1v) is 12.7. The molecule has 206 valence electrons. The van der Waals surface area contributed by atoms with Crippen LogP contribution in [0.2, 0.25) is 5.02 Å². The number of aliphatic hydroxyl groups is 1. The van der Waals surface area contributed by atoms with Gasteiger partial charge in [-0.1, -0.05) is 43.6 Å². The maximum absolute atomic E-state index is 13.7. The third kappa shape index (κ3) is 7.32. The number of aliphatic carboxylic acids is 1. The number of nitrogens with zero attached hydrogens (tertiary/aromatic N) is 1. The van der Waals surface area contributed by atoms with Crippen LogP contribution in [0.15, 0.2) is 42.5 Å². The Balaban J connectivity index is 2.18. The van der Waals surface area contributed by atoms with Gasteiger partial charge < -0.3 is 29.9 Å². The molecule has 3 N–H and O–H groups in total. The minimum absolute atomic E-state index is 0.133. The summed E-state index contributed by atoms with van der Waals surface area (Å²) in [5, 5.41) is 22.6. The molecule has 0 aliphatic carbocycles. The molecule has 0 radical (unpaired) electrons. The summed E-state index contributed by atoms with van der Waals surface area (Å²) in [5.74, 6) is -1.71. The van der Waals surface area contributed by atoms with E-state index >= 15 is 0 Å². The van der Waals surface area contributed by atoms with Gasteiger partial charge in [-0.25, -0.2) is 0 Å². The molecule has 2 aromatic rings. The quantitative estimate of drug-likeness (QED) is 0.301. The van der Waals surface area contributed by atoms with E-state index in [-0.39, 0.29) is 13.2 Å². The van der Waals surface area contributed by atoms with Crippen LogP contribution in [0.25, 0.3) is 0 Å². The van der Waals surface area contributed by atoms with Crippen molar-refractivity contribution in [2.75, 3.05) is 18.1 Å². The number of hydrogen-bond acceptors (Lipinski definition) is 6. The molecule has 0 spiro atoms. The summed E-state index contributed by atoms with van der Waals surface area (Å²) < 4.78 is 12.3. The number of carbonyl (C=O) groups is 3. The van der Waals surface area contributed by atoms with Crippen LogP contribution in [-0.2, 0) is 23.9 Å². The van der Waals surface area contributed by atoms with E-state index in [1.165, 1.54) is 4.90 Å². The van der Waals surface area contributed by atoms with Crippen molar-refractivity contribution in [1.29, 1.82) is 0 Å². The Morgan fingerprint density at radius 1 is 1.21 bits per heavy atom. The minimum Gasteiger partial charge on any atom is -0.481 e. The van der Waals surface area contributed by atoms with Gasteiger partial charge in [-0.3, -0.25) is 14.4 Å². The number of carbonyl (C=O) groups excluding carboxylic acids is 2. The molecule has 0 saturated carbocycles. The molecule has 2 amide bonds. The van der Waals surface area contributed by atoms with Gasteiger partial charge in [0.25, 0.3) is 5.91 Å². The van der Waals surface area contributed by atoms with Gasteiger partial charge in [-0.2, -0.15) is 0 Å². The average Bonchev–Trinajstić information content (AvgIpc) is 2.93. The Morgan fingerprint density at radius 2 is 1.92 bits per heavy atom. The number of benzene rings is 2. The second-order valence-electron chi connectivity index (χ2n) is 11.1. The molecule has 10 heteroatoms. The zero-order valence-corrected chi connectivity index (χ0v) is 23.0. The van der Waals surface area contributed by atoms with E-state index in [0.717, 1.165) is 0 Å². The van der Waals surface area contributed by atoms with Crippen molar-refractivity contribution in [3.8, 4) is 0 Å². The van der Waals surface area contributed by atoms with Crippen LogP contribution in [0, 0.1) is 5.41 Å². The lowest BCUT2D eigenvalue weighted by Gasteiger charge is -2.32. The van der Waals surface area contributed by atoms with Gasteiger partial charge in [-0.15, -0.1) is 0 Å². The van der Waals surface area contributed by atoms with Gasteiger partial charge in [0.1, 0.15) is 12.2 Å². The molecule has 9 nitrogen and oxygen atoms in total. The fraction of sp³-hybridized carbons (Fsp3) is 0.464. The number of halogens is 1. The van der Waals surface area contributed by atoms with Gasteiger partial charge >= 0.3 is 5.97 Å². The van der Waals surface area contributed by atoms with Crippen LogP contribution in [0.1, 0.15) is 70.1 Å². The van der Waals surface area contributed by atoms with Crippen LogP contribution in [0.3, 0.4) is 0 Å². The average molecular weight is 547 g/mol. The maximum Gasteiger partial charge on any atom is 0.306 e. The van der Waals surface area contributed by atoms with Crippen LogP contribution in [0.4, 0.5) is 5.69 Å². The zero-order chi connectivity index (χ0) is 28.3. The molecule has 2 aromatic carbocycles. The molecule has 1 aliphatic heterocycles. The molecular weight excluding hydrogens is 512 g/mol. The highest BCUT2D eigenvalue weighted by Crippen LogP contribution is 2.41. The van der Waals surface area contributed by atoms with Crippen molar-refractivity contribution in [3.05, 3.63) is 64.2 Å². The van der Waals surface area contributed by atoms with Gasteiger partial charge in [-0.05, 0) is 50.6 Å². The first kappa shape index (κ1) is 29.6. The Labute approximate surface area is 227 Å². The monoisotopic (exact) mass is 546 g/mol. The highest BCUT2D eigenvalue weighted by atomic mass is 35.5. The standard InChI is InChI=1S/C28H35ClN2O7/c1-27(2,3)38-25(30-16-33)18-8-6-7-17(11-18)24-20-12-19(29)9-10-21(20)31(14-28(4,5)15-32)26(36)22(37-24)13-23(34)35/h6-12,16,22,24-25,32H,13-15H2,1-5H3,(H,30,33)(H,34,35). The summed E-state index contributed by atoms with van der Waals surface area (Å²) in [5.41, 5.74) is 1.11. The number of nitrogens with one attached hydrogen (secondary N) is 1. The molecule has 0 saturated heterocycles. The van der Waals surface area contributed by atoms with E-state index in [4.69, 9.17) is 21.1 Å². The largest absolute Gasteiger partial charge is 0.481 e. The third-order valence-electron chi connectivity index (χ3n) is 5.99. The summed E-state index contributed by atoms with van der Waals surface area (Å²) in [6.45, 7) is 9.17. The van der Waals surface area contributed by atoms with Gasteiger partial charge in [0.05, 0.1) is 12.0 Å². The third-order valence-corrected chi connectivity index (χ3v) is 6.22. The summed E-state index contributed by atoms with van der Waals surface area (Å²) in [7, 11) is 0. The number of hydrogen-bond donors (Lipinski definition) is 3. The molecule has 0 bridgehead atoms. The smallest absolute Gasteiger partial charge is 0.306 e. The number of aliphatic hydroxyl groups excluding tert-OH is 1. The lowest BCUT2D eigenvalue weighted by atomic mass is 9.92. The molecule has 3 unspecified atom stereocenters. The molecular formula is C28H35ClN2O7. The van der Waals surface area contributed by atoms with Crippen molar-refractivity contribution in [1.82, 2.24) is 5.32 Å². The number of fused-ring (bicyclic) bond motifs is 1. The number of anilines is 1. The van der Waals surface area contributed by atoms with Crippen molar-refractivity contribution in [2.24, 2.45) is 5.41 Å². The Morgan fingerprint density at radius 3 is 2.53 bits per heavy atom. The minimum atomic E-state index is -1.29. The summed E-state index contributed by atoms with van der Waals surface area (Å²) in [6.07, 6.45) is -2.89. The second-order valence-corrected chi connectivity index (χ2v) is 11.6. The molecule has 0 aromatic heterocycles. The summed E-state index contributed by atoms with van der Waals surface area (Å²) in [4.78, 5) is 38.2. The van der Waals surface area contributed by atoms with Crippen molar-refractivity contribution in [3.63, 3.8) is 0 Å². The van der Waals surface area contributed by atoms with E-state index in [2.05, 4.69) is 5.32 Å². The van der Waals surface area contributed by atoms with Gasteiger partial charge in [0, 0.05) is 40.4 Å². The summed E-state index contributed by atoms with van der Waals surface area (Å²) >= 11 is 6.38. The van der Waals surface area contributed by atoms with E-state index in [9.17, 15) is 24.6 Å². The fourth-order valence-electron chi connectivity index (χ4n) is 4.26. The van der Waals surface area contributed by atoms with E-state index in [1.54, 1.807) is 42.5 Å². The predicted molar refractivity (Wildman–Crippen MR) is 143 cm³/mol. The van der Waals surface area contributed by atoms with Crippen molar-refractivity contribution < 1.29 is 34.1 Å². The predicted octanol–water partition coefficient (Wildman–Crippen LogP) is 4.21. The van der Waals surface area contributed by atoms with Crippen LogP contribution in [0.5, 0.6) is 0 Å². The van der Waals surface area contributed by atoms with Crippen LogP contribution in [-0.4, -0.2) is 53.4 Å². The van der Waals surface area contributed by atoms with E-state index in [0.29, 0.717) is 33.8 Å². The highest BCUT2D eigenvalue weighted by molar-refractivity contribution is 6.30. The van der Waals surface area contributed by atoms with Crippen molar-refractivity contribution in [2.45, 2.75) is 65.1 Å². The number of ether oxygens (including phenoxy) is 2. The molecule has 38 heavy (non-hydrogen) atoms. The topological polar surface area (TPSA) is 125 Å². The Bertz CT molecular complexity index is 1180. The lowest BCUT2D eigenvalue weighted by molar-refractivity contribution is -0.147. The number of carboxylic acid groups (broad SMARTS) is 1. The highest BCUT2D eigenvalue weighted by Gasteiger charge is 2.39.